The highest BCUT2D eigenvalue weighted by atomic mass is 16.1. The maximum absolute atomic E-state index is 10.9. The van der Waals surface area contributed by atoms with Crippen molar-refractivity contribution in [2.24, 2.45) is 5.92 Å². The highest BCUT2D eigenvalue weighted by molar-refractivity contribution is 5.77. The van der Waals surface area contributed by atoms with E-state index in [4.69, 9.17) is 0 Å². The molecule has 0 radical (unpaired) electrons. The molecule has 1 amide bonds. The summed E-state index contributed by atoms with van der Waals surface area (Å²) in [6.45, 7) is 3.74. The summed E-state index contributed by atoms with van der Waals surface area (Å²) in [5.74, 6) is 0.779. The third-order valence-electron chi connectivity index (χ3n) is 2.49. The minimum atomic E-state index is 0.0614. The fourth-order valence-electron chi connectivity index (χ4n) is 1.67. The van der Waals surface area contributed by atoms with Gasteiger partial charge in [-0.25, -0.2) is 0 Å². The fraction of sp³-hybridized carbons (Fsp3) is 0.889. The highest BCUT2D eigenvalue weighted by Crippen LogP contribution is 2.12. The lowest BCUT2D eigenvalue weighted by molar-refractivity contribution is -0.119. The lowest BCUT2D eigenvalue weighted by Crippen LogP contribution is -2.34. The van der Waals surface area contributed by atoms with Crippen molar-refractivity contribution in [3.63, 3.8) is 0 Å². The molecule has 13 heavy (non-hydrogen) atoms. The molecule has 76 valence electrons. The van der Waals surface area contributed by atoms with Gasteiger partial charge in [0.15, 0.2) is 0 Å². The van der Waals surface area contributed by atoms with Gasteiger partial charge in [-0.3, -0.25) is 4.79 Å². The summed E-state index contributed by atoms with van der Waals surface area (Å²) in [5, 5.41) is 5.75. The lowest BCUT2D eigenvalue weighted by Gasteiger charge is -2.10. The van der Waals surface area contributed by atoms with E-state index in [0.717, 1.165) is 19.0 Å². The highest BCUT2D eigenvalue weighted by Gasteiger charge is 2.18. The second-order valence-corrected chi connectivity index (χ2v) is 3.72. The lowest BCUT2D eigenvalue weighted by atomic mass is 10.1. The molecule has 0 aromatic carbocycles. The monoisotopic (exact) mass is 185 g/mol. The molecule has 0 aromatic rings. The van der Waals surface area contributed by atoms with Crippen LogP contribution in [0.1, 0.15) is 6.42 Å². The Balaban J connectivity index is 2.03. The second-order valence-electron chi connectivity index (χ2n) is 3.72. The van der Waals surface area contributed by atoms with E-state index in [1.807, 2.05) is 0 Å². The van der Waals surface area contributed by atoms with Crippen LogP contribution in [0.3, 0.4) is 0 Å². The van der Waals surface area contributed by atoms with E-state index >= 15 is 0 Å². The van der Waals surface area contributed by atoms with Crippen molar-refractivity contribution in [2.75, 3.05) is 40.3 Å². The van der Waals surface area contributed by atoms with Gasteiger partial charge in [0.25, 0.3) is 0 Å². The van der Waals surface area contributed by atoms with Crippen molar-refractivity contribution >= 4 is 5.91 Å². The first kappa shape index (κ1) is 10.5. The predicted octanol–water partition coefficient (Wildman–Crippen LogP) is -0.726. The Kier molecular flexibility index (Phi) is 4.18. The summed E-state index contributed by atoms with van der Waals surface area (Å²) in [4.78, 5) is 13.2. The van der Waals surface area contributed by atoms with E-state index in [2.05, 4.69) is 22.6 Å². The Morgan fingerprint density at radius 1 is 1.62 bits per heavy atom. The molecule has 0 aliphatic carbocycles. The minimum absolute atomic E-state index is 0.0614. The molecule has 1 saturated heterocycles. The first-order valence-electron chi connectivity index (χ1n) is 4.82. The van der Waals surface area contributed by atoms with E-state index in [-0.39, 0.29) is 5.91 Å². The molecule has 2 N–H and O–H groups in total. The van der Waals surface area contributed by atoms with E-state index in [1.165, 1.54) is 13.0 Å². The molecule has 0 spiro atoms. The van der Waals surface area contributed by atoms with Crippen molar-refractivity contribution < 1.29 is 4.79 Å². The molecule has 0 aromatic heterocycles. The van der Waals surface area contributed by atoms with Gasteiger partial charge in [-0.05, 0) is 32.5 Å². The van der Waals surface area contributed by atoms with Gasteiger partial charge in [0, 0.05) is 13.6 Å². The SMILES string of the molecule is CNC(=O)CNCC1CCN(C)C1. The molecule has 1 rings (SSSR count). The standard InChI is InChI=1S/C9H19N3O/c1-10-9(13)6-11-5-8-3-4-12(2)7-8/h8,11H,3-7H2,1-2H3,(H,10,13). The number of nitrogens with zero attached hydrogens (tertiary/aromatic N) is 1. The predicted molar refractivity (Wildman–Crippen MR) is 52.5 cm³/mol. The fourth-order valence-corrected chi connectivity index (χ4v) is 1.67. The third-order valence-corrected chi connectivity index (χ3v) is 2.49. The summed E-state index contributed by atoms with van der Waals surface area (Å²) >= 11 is 0. The van der Waals surface area contributed by atoms with Crippen molar-refractivity contribution in [2.45, 2.75) is 6.42 Å². The molecule has 1 heterocycles. The number of carbonyl (C=O) groups excluding carboxylic acids is 1. The van der Waals surface area contributed by atoms with Gasteiger partial charge in [0.1, 0.15) is 0 Å². The Bertz CT molecular complexity index is 172. The maximum atomic E-state index is 10.9. The topological polar surface area (TPSA) is 44.4 Å². The number of likely N-dealkylation sites (N-methyl/N-ethyl adjacent to an activating group) is 1. The van der Waals surface area contributed by atoms with Gasteiger partial charge < -0.3 is 15.5 Å². The quantitative estimate of drug-likeness (QED) is 0.607. The van der Waals surface area contributed by atoms with E-state index in [0.29, 0.717) is 6.54 Å². The van der Waals surface area contributed by atoms with Gasteiger partial charge >= 0.3 is 0 Å². The normalized spacial score (nSPS) is 23.4. The molecule has 1 aliphatic heterocycles. The van der Waals surface area contributed by atoms with Crippen molar-refractivity contribution in [3.8, 4) is 0 Å². The summed E-state index contributed by atoms with van der Waals surface area (Å²) in [5.41, 5.74) is 0. The second kappa shape index (κ2) is 5.19. The van der Waals surface area contributed by atoms with Crippen LogP contribution in [0.2, 0.25) is 0 Å². The van der Waals surface area contributed by atoms with Crippen LogP contribution >= 0.6 is 0 Å². The largest absolute Gasteiger partial charge is 0.358 e. The van der Waals surface area contributed by atoms with Crippen LogP contribution in [0.4, 0.5) is 0 Å². The first-order valence-corrected chi connectivity index (χ1v) is 4.82. The number of hydrogen-bond acceptors (Lipinski definition) is 3. The summed E-state index contributed by atoms with van der Waals surface area (Å²) in [6, 6.07) is 0. The Hall–Kier alpha value is -0.610. The zero-order valence-corrected chi connectivity index (χ0v) is 8.47. The molecule has 1 aliphatic rings. The average molecular weight is 185 g/mol. The Morgan fingerprint density at radius 3 is 2.92 bits per heavy atom. The summed E-state index contributed by atoms with van der Waals surface area (Å²) < 4.78 is 0. The van der Waals surface area contributed by atoms with Crippen molar-refractivity contribution in [1.29, 1.82) is 0 Å². The zero-order chi connectivity index (χ0) is 9.68. The van der Waals surface area contributed by atoms with Gasteiger partial charge in [-0.2, -0.15) is 0 Å². The van der Waals surface area contributed by atoms with Crippen LogP contribution in [-0.2, 0) is 4.79 Å². The van der Waals surface area contributed by atoms with Crippen LogP contribution in [0.15, 0.2) is 0 Å². The maximum Gasteiger partial charge on any atom is 0.233 e. The number of amides is 1. The summed E-state index contributed by atoms with van der Waals surface area (Å²) in [7, 11) is 3.80. The zero-order valence-electron chi connectivity index (χ0n) is 8.47. The van der Waals surface area contributed by atoms with Gasteiger partial charge in [0.2, 0.25) is 5.91 Å². The molecule has 0 saturated carbocycles. The van der Waals surface area contributed by atoms with Gasteiger partial charge in [-0.1, -0.05) is 0 Å². The van der Waals surface area contributed by atoms with E-state index in [9.17, 15) is 4.79 Å². The third kappa shape index (κ3) is 3.74. The van der Waals surface area contributed by atoms with Crippen LogP contribution in [0.25, 0.3) is 0 Å². The number of carbonyl (C=O) groups is 1. The molecule has 1 atom stereocenters. The van der Waals surface area contributed by atoms with Gasteiger partial charge in [0.05, 0.1) is 6.54 Å². The van der Waals surface area contributed by atoms with Crippen LogP contribution in [-0.4, -0.2) is 51.1 Å². The van der Waals surface area contributed by atoms with Crippen LogP contribution < -0.4 is 10.6 Å². The molecule has 4 heteroatoms. The van der Waals surface area contributed by atoms with Crippen molar-refractivity contribution in [1.82, 2.24) is 15.5 Å². The molecule has 4 nitrogen and oxygen atoms in total. The smallest absolute Gasteiger partial charge is 0.233 e. The van der Waals surface area contributed by atoms with E-state index < -0.39 is 0 Å². The number of rotatable bonds is 4. The molecular weight excluding hydrogens is 166 g/mol. The van der Waals surface area contributed by atoms with Crippen LogP contribution in [0.5, 0.6) is 0 Å². The van der Waals surface area contributed by atoms with Crippen LogP contribution in [0, 0.1) is 5.92 Å². The number of nitrogens with one attached hydrogen (secondary N) is 2. The van der Waals surface area contributed by atoms with E-state index in [1.54, 1.807) is 7.05 Å². The summed E-state index contributed by atoms with van der Waals surface area (Å²) in [6.07, 6.45) is 1.25. The van der Waals surface area contributed by atoms with Gasteiger partial charge in [-0.15, -0.1) is 0 Å². The molecule has 1 fully saturated rings. The molecule has 1 unspecified atom stereocenters. The molecule has 0 bridgehead atoms. The minimum Gasteiger partial charge on any atom is -0.358 e. The molecular formula is C9H19N3O. The number of hydrogen-bond donors (Lipinski definition) is 2. The Morgan fingerprint density at radius 2 is 2.38 bits per heavy atom. The first-order chi connectivity index (χ1) is 6.22. The average Bonchev–Trinajstić information content (AvgIpc) is 2.51. The Labute approximate surface area is 79.7 Å². The van der Waals surface area contributed by atoms with Crippen molar-refractivity contribution in [3.05, 3.63) is 0 Å². The number of likely N-dealkylation sites (tertiary alicyclic amines) is 1.